The van der Waals surface area contributed by atoms with Crippen molar-refractivity contribution in [3.05, 3.63) is 18.1 Å². The molecule has 0 saturated heterocycles. The van der Waals surface area contributed by atoms with Crippen LogP contribution in [-0.4, -0.2) is 54.0 Å². The zero-order valence-corrected chi connectivity index (χ0v) is 12.8. The van der Waals surface area contributed by atoms with E-state index in [4.69, 9.17) is 0 Å². The average Bonchev–Trinajstić information content (AvgIpc) is 2.43. The van der Waals surface area contributed by atoms with Crippen LogP contribution in [-0.2, 0) is 0 Å². The second kappa shape index (κ2) is 8.47. The smallest absolute Gasteiger partial charge is 0.271 e. The first-order valence-electron chi connectivity index (χ1n) is 7.04. The first-order chi connectivity index (χ1) is 9.52. The van der Waals surface area contributed by atoms with E-state index in [-0.39, 0.29) is 5.91 Å². The van der Waals surface area contributed by atoms with Crippen LogP contribution in [0.5, 0.6) is 0 Å². The van der Waals surface area contributed by atoms with Gasteiger partial charge in [-0.15, -0.1) is 0 Å². The third-order valence-corrected chi connectivity index (χ3v) is 2.96. The van der Waals surface area contributed by atoms with Crippen molar-refractivity contribution in [3.63, 3.8) is 0 Å². The molecule has 1 heterocycles. The van der Waals surface area contributed by atoms with E-state index < -0.39 is 0 Å². The summed E-state index contributed by atoms with van der Waals surface area (Å²) in [4.78, 5) is 22.2. The molecule has 1 aromatic heterocycles. The Morgan fingerprint density at radius 2 is 2.10 bits per heavy atom. The highest BCUT2D eigenvalue weighted by atomic mass is 16.1. The second-order valence-corrected chi connectivity index (χ2v) is 5.15. The molecule has 0 bridgehead atoms. The van der Waals surface area contributed by atoms with Crippen molar-refractivity contribution in [1.29, 1.82) is 0 Å². The number of nitrogens with one attached hydrogen (secondary N) is 2. The fourth-order valence-corrected chi connectivity index (χ4v) is 1.56. The number of hydrogen-bond acceptors (Lipinski definition) is 5. The molecule has 0 radical (unpaired) electrons. The zero-order valence-electron chi connectivity index (χ0n) is 12.8. The van der Waals surface area contributed by atoms with Gasteiger partial charge in [-0.05, 0) is 40.4 Å². The minimum atomic E-state index is -0.175. The summed E-state index contributed by atoms with van der Waals surface area (Å²) in [5, 5.41) is 6.05. The minimum Gasteiger partial charge on any atom is -0.366 e. The molecule has 1 amide bonds. The van der Waals surface area contributed by atoms with Gasteiger partial charge in [-0.3, -0.25) is 4.79 Å². The number of carbonyl (C=O) groups is 1. The Balaban J connectivity index is 2.41. The van der Waals surface area contributed by atoms with Crippen molar-refractivity contribution in [2.75, 3.05) is 32.5 Å². The largest absolute Gasteiger partial charge is 0.366 e. The normalized spacial score (nSPS) is 12.2. The second-order valence-electron chi connectivity index (χ2n) is 5.15. The van der Waals surface area contributed by atoms with Crippen LogP contribution in [0.15, 0.2) is 12.4 Å². The third kappa shape index (κ3) is 5.97. The van der Waals surface area contributed by atoms with E-state index in [2.05, 4.69) is 39.3 Å². The number of amides is 1. The maximum absolute atomic E-state index is 11.8. The van der Waals surface area contributed by atoms with Gasteiger partial charge < -0.3 is 15.5 Å². The van der Waals surface area contributed by atoms with Crippen LogP contribution < -0.4 is 10.6 Å². The lowest BCUT2D eigenvalue weighted by Gasteiger charge is -2.12. The van der Waals surface area contributed by atoms with Gasteiger partial charge in [-0.1, -0.05) is 6.92 Å². The first kappa shape index (κ1) is 16.4. The zero-order chi connectivity index (χ0) is 15.0. The number of hydrogen-bond donors (Lipinski definition) is 2. The summed E-state index contributed by atoms with van der Waals surface area (Å²) in [6.07, 6.45) is 5.03. The molecule has 6 nitrogen and oxygen atoms in total. The van der Waals surface area contributed by atoms with Crippen LogP contribution in [0, 0.1) is 0 Å². The van der Waals surface area contributed by atoms with Crippen LogP contribution in [0.25, 0.3) is 0 Å². The molecule has 2 N–H and O–H groups in total. The Labute approximate surface area is 121 Å². The van der Waals surface area contributed by atoms with Gasteiger partial charge in [0, 0.05) is 12.6 Å². The summed E-state index contributed by atoms with van der Waals surface area (Å²) in [6, 6.07) is 0.343. The van der Waals surface area contributed by atoms with Crippen molar-refractivity contribution in [1.82, 2.24) is 20.2 Å². The van der Waals surface area contributed by atoms with E-state index in [1.165, 1.54) is 6.20 Å². The lowest BCUT2D eigenvalue weighted by Crippen LogP contribution is -2.28. The highest BCUT2D eigenvalue weighted by Crippen LogP contribution is 2.04. The van der Waals surface area contributed by atoms with Gasteiger partial charge in [0.2, 0.25) is 0 Å². The highest BCUT2D eigenvalue weighted by molar-refractivity contribution is 5.91. The van der Waals surface area contributed by atoms with Crippen molar-refractivity contribution in [2.45, 2.75) is 32.7 Å². The summed E-state index contributed by atoms with van der Waals surface area (Å²) in [5.74, 6) is 0.523. The summed E-state index contributed by atoms with van der Waals surface area (Å²) >= 11 is 0. The van der Waals surface area contributed by atoms with Crippen LogP contribution in [0.4, 0.5) is 5.82 Å². The Morgan fingerprint density at radius 1 is 1.35 bits per heavy atom. The molecule has 0 aliphatic heterocycles. The van der Waals surface area contributed by atoms with Crippen LogP contribution in [0.3, 0.4) is 0 Å². The summed E-state index contributed by atoms with van der Waals surface area (Å²) in [6.45, 7) is 5.77. The van der Waals surface area contributed by atoms with E-state index in [9.17, 15) is 4.79 Å². The molecule has 6 heteroatoms. The van der Waals surface area contributed by atoms with Gasteiger partial charge in [0.15, 0.2) is 0 Å². The SMILES string of the molecule is CCC(C)Nc1cnc(C(=O)NCCCN(C)C)cn1. The molecule has 1 unspecified atom stereocenters. The van der Waals surface area contributed by atoms with E-state index in [0.717, 1.165) is 19.4 Å². The first-order valence-corrected chi connectivity index (χ1v) is 7.04. The van der Waals surface area contributed by atoms with Gasteiger partial charge in [-0.25, -0.2) is 9.97 Å². The molecular weight excluding hydrogens is 254 g/mol. The molecule has 0 spiro atoms. The molecule has 1 aromatic rings. The third-order valence-electron chi connectivity index (χ3n) is 2.96. The summed E-state index contributed by atoms with van der Waals surface area (Å²) < 4.78 is 0. The van der Waals surface area contributed by atoms with E-state index in [1.807, 2.05) is 14.1 Å². The number of aromatic nitrogens is 2. The molecule has 0 aliphatic carbocycles. The number of rotatable bonds is 8. The van der Waals surface area contributed by atoms with Gasteiger partial charge in [0.25, 0.3) is 5.91 Å². The summed E-state index contributed by atoms with van der Waals surface area (Å²) in [7, 11) is 4.02. The predicted octanol–water partition coefficient (Wildman–Crippen LogP) is 1.37. The van der Waals surface area contributed by atoms with Crippen molar-refractivity contribution >= 4 is 11.7 Å². The Hall–Kier alpha value is -1.69. The molecule has 0 saturated carbocycles. The maximum Gasteiger partial charge on any atom is 0.271 e. The Bertz CT molecular complexity index is 405. The summed E-state index contributed by atoms with van der Waals surface area (Å²) in [5.41, 5.74) is 0.351. The van der Waals surface area contributed by atoms with Crippen molar-refractivity contribution < 1.29 is 4.79 Å². The molecule has 0 aromatic carbocycles. The average molecular weight is 279 g/mol. The van der Waals surface area contributed by atoms with Crippen LogP contribution >= 0.6 is 0 Å². The minimum absolute atomic E-state index is 0.175. The fraction of sp³-hybridized carbons (Fsp3) is 0.643. The quantitative estimate of drug-likeness (QED) is 0.703. The van der Waals surface area contributed by atoms with Crippen LogP contribution in [0.2, 0.25) is 0 Å². The molecule has 112 valence electrons. The van der Waals surface area contributed by atoms with Crippen molar-refractivity contribution in [2.24, 2.45) is 0 Å². The fourth-order valence-electron chi connectivity index (χ4n) is 1.56. The van der Waals surface area contributed by atoms with Gasteiger partial charge in [-0.2, -0.15) is 0 Å². The Kier molecular flexibility index (Phi) is 6.93. The molecular formula is C14H25N5O. The molecule has 0 aliphatic rings. The topological polar surface area (TPSA) is 70.2 Å². The molecule has 1 rings (SSSR count). The van der Waals surface area contributed by atoms with Gasteiger partial charge in [0.1, 0.15) is 11.5 Å². The number of carbonyl (C=O) groups excluding carboxylic acids is 1. The standard InChI is InChI=1S/C14H25N5O/c1-5-11(2)18-13-10-16-12(9-17-13)14(20)15-7-6-8-19(3)4/h9-11H,5-8H2,1-4H3,(H,15,20)(H,17,18). The number of nitrogens with zero attached hydrogens (tertiary/aromatic N) is 3. The van der Waals surface area contributed by atoms with Gasteiger partial charge >= 0.3 is 0 Å². The Morgan fingerprint density at radius 3 is 2.65 bits per heavy atom. The molecule has 0 fully saturated rings. The van der Waals surface area contributed by atoms with Gasteiger partial charge in [0.05, 0.1) is 12.4 Å². The predicted molar refractivity (Wildman–Crippen MR) is 80.9 cm³/mol. The highest BCUT2D eigenvalue weighted by Gasteiger charge is 2.08. The monoisotopic (exact) mass is 279 g/mol. The van der Waals surface area contributed by atoms with E-state index >= 15 is 0 Å². The number of anilines is 1. The lowest BCUT2D eigenvalue weighted by molar-refractivity contribution is 0.0947. The van der Waals surface area contributed by atoms with E-state index in [1.54, 1.807) is 6.20 Å². The molecule has 1 atom stereocenters. The maximum atomic E-state index is 11.8. The lowest BCUT2D eigenvalue weighted by atomic mass is 10.3. The van der Waals surface area contributed by atoms with Crippen molar-refractivity contribution in [3.8, 4) is 0 Å². The molecule has 20 heavy (non-hydrogen) atoms. The van der Waals surface area contributed by atoms with Crippen LogP contribution in [0.1, 0.15) is 37.2 Å². The van der Waals surface area contributed by atoms with E-state index in [0.29, 0.717) is 24.1 Å².